The molecule has 53 heavy (non-hydrogen) atoms. The zero-order valence-corrected chi connectivity index (χ0v) is 32.7. The highest BCUT2D eigenvalue weighted by Gasteiger charge is 2.77. The number of hydrogen-bond acceptors (Lipinski definition) is 7. The molecule has 3 aliphatic heterocycles. The predicted molar refractivity (Wildman–Crippen MR) is 207 cm³/mol. The normalized spacial score (nSPS) is 26.0. The van der Waals surface area contributed by atoms with E-state index in [0.29, 0.717) is 31.4 Å². The molecule has 2 aromatic rings. The minimum absolute atomic E-state index is 0.114. The Kier molecular flexibility index (Phi) is 13.7. The van der Waals surface area contributed by atoms with E-state index in [1.54, 1.807) is 29.0 Å². The second-order valence-electron chi connectivity index (χ2n) is 14.6. The first kappa shape index (κ1) is 40.4. The number of allylic oxidation sites excluding steroid dienone is 1. The Bertz CT molecular complexity index is 1610. The Morgan fingerprint density at radius 1 is 1.09 bits per heavy atom. The molecule has 3 saturated heterocycles. The van der Waals surface area contributed by atoms with Crippen LogP contribution >= 0.6 is 15.9 Å². The molecule has 3 aliphatic rings. The van der Waals surface area contributed by atoms with Crippen LogP contribution in [0.15, 0.2) is 86.0 Å². The van der Waals surface area contributed by atoms with Crippen LogP contribution in [-0.4, -0.2) is 105 Å². The molecule has 0 saturated carbocycles. The molecule has 5 rings (SSSR count). The van der Waals surface area contributed by atoms with Gasteiger partial charge >= 0.3 is 5.97 Å². The number of esters is 1. The van der Waals surface area contributed by atoms with Crippen molar-refractivity contribution in [2.45, 2.75) is 99.6 Å². The summed E-state index contributed by atoms with van der Waals surface area (Å²) in [6, 6.07) is 16.4. The van der Waals surface area contributed by atoms with E-state index in [4.69, 9.17) is 9.47 Å². The van der Waals surface area contributed by atoms with Gasteiger partial charge in [0.2, 0.25) is 17.7 Å². The number of benzene rings is 2. The number of nitrogens with zero attached hydrogens (tertiary/aromatic N) is 3. The monoisotopic (exact) mass is 791 g/mol. The van der Waals surface area contributed by atoms with Crippen LogP contribution in [0.3, 0.4) is 0 Å². The molecular formula is C42H54BrN3O7. The summed E-state index contributed by atoms with van der Waals surface area (Å²) in [5, 5.41) is 10.9. The summed E-state index contributed by atoms with van der Waals surface area (Å²) in [4.78, 5) is 62.1. The largest absolute Gasteiger partial charge is 0.455 e. The Balaban J connectivity index is 1.54. The molecule has 0 aromatic heterocycles. The highest BCUT2D eigenvalue weighted by Crippen LogP contribution is 2.61. The third-order valence-corrected chi connectivity index (χ3v) is 12.1. The summed E-state index contributed by atoms with van der Waals surface area (Å²) in [7, 11) is 1.69. The molecule has 9 atom stereocenters. The maximum absolute atomic E-state index is 15.0. The highest BCUT2D eigenvalue weighted by molar-refractivity contribution is 9.09. The molecule has 286 valence electrons. The summed E-state index contributed by atoms with van der Waals surface area (Å²) in [5.41, 5.74) is 0.265. The maximum atomic E-state index is 15.0. The minimum Gasteiger partial charge on any atom is -0.455 e. The number of carbonyl (C=O) groups is 4. The van der Waals surface area contributed by atoms with Crippen LogP contribution in [0.1, 0.15) is 69.6 Å². The number of aliphatic hydroxyl groups excluding tert-OH is 1. The van der Waals surface area contributed by atoms with Gasteiger partial charge in [0.15, 0.2) is 0 Å². The SMILES string of the molecule is C=CCCC(=O)N(C)[C@H](C)[C@H](OC(=O)[C@H]1[C@@H]2O[C@@]3(CC2Br)[C@@H]1C(=O)N([C@@H](CO)Cc1ccccc1)[C@@H]3C(=O)N(CC=C)CCCCC)c1ccccc1. The van der Waals surface area contributed by atoms with Gasteiger partial charge in [-0.25, -0.2) is 0 Å². The van der Waals surface area contributed by atoms with Crippen molar-refractivity contribution in [3.63, 3.8) is 0 Å². The number of hydrogen-bond donors (Lipinski definition) is 1. The average molecular weight is 793 g/mol. The van der Waals surface area contributed by atoms with Crippen molar-refractivity contribution in [3.8, 4) is 0 Å². The van der Waals surface area contributed by atoms with Crippen LogP contribution in [0.5, 0.6) is 0 Å². The van der Waals surface area contributed by atoms with E-state index < -0.39 is 59.6 Å². The molecule has 1 spiro atoms. The number of likely N-dealkylation sites (N-methyl/N-ethyl adjacent to an activating group) is 1. The molecule has 1 unspecified atom stereocenters. The zero-order chi connectivity index (χ0) is 38.3. The van der Waals surface area contributed by atoms with E-state index in [1.807, 2.05) is 67.6 Å². The van der Waals surface area contributed by atoms with Gasteiger partial charge in [0.1, 0.15) is 17.7 Å². The fourth-order valence-corrected chi connectivity index (χ4v) is 9.39. The number of alkyl halides is 1. The van der Waals surface area contributed by atoms with Gasteiger partial charge in [0.05, 0.1) is 36.6 Å². The second kappa shape index (κ2) is 18.0. The molecular weight excluding hydrogens is 738 g/mol. The van der Waals surface area contributed by atoms with Crippen LogP contribution in [-0.2, 0) is 35.1 Å². The van der Waals surface area contributed by atoms with Gasteiger partial charge in [-0.3, -0.25) is 19.2 Å². The van der Waals surface area contributed by atoms with Crippen LogP contribution in [0.4, 0.5) is 0 Å². The number of ether oxygens (including phenoxy) is 2. The highest BCUT2D eigenvalue weighted by atomic mass is 79.9. The molecule has 2 bridgehead atoms. The number of likely N-dealkylation sites (tertiary alicyclic amines) is 1. The molecule has 3 fully saturated rings. The van der Waals surface area contributed by atoms with E-state index in [0.717, 1.165) is 24.8 Å². The van der Waals surface area contributed by atoms with E-state index in [2.05, 4.69) is 36.0 Å². The zero-order valence-electron chi connectivity index (χ0n) is 31.1. The maximum Gasteiger partial charge on any atom is 0.313 e. The lowest BCUT2D eigenvalue weighted by Crippen LogP contribution is -2.59. The van der Waals surface area contributed by atoms with Gasteiger partial charge in [-0.2, -0.15) is 0 Å². The molecule has 3 amide bonds. The number of rotatable bonds is 19. The van der Waals surface area contributed by atoms with E-state index >= 15 is 0 Å². The van der Waals surface area contributed by atoms with Gasteiger partial charge < -0.3 is 29.3 Å². The number of unbranched alkanes of at least 4 members (excludes halogenated alkanes) is 2. The Morgan fingerprint density at radius 2 is 1.77 bits per heavy atom. The Labute approximate surface area is 322 Å². The molecule has 2 aromatic carbocycles. The van der Waals surface area contributed by atoms with Crippen LogP contribution in [0.2, 0.25) is 0 Å². The predicted octanol–water partition coefficient (Wildman–Crippen LogP) is 5.64. The standard InChI is InChI=1S/C42H54BrN3O7/c1-6-9-17-24-45(23-8-3)40(50)38-42-26-32(43)37(53-42)34(35(42)39(49)46(38)31(27-47)25-29-18-13-11-14-19-29)41(51)52-36(30-20-15-12-16-21-30)28(4)44(5)33(48)22-10-7-2/h7-8,11-16,18-21,28,31-32,34-38,47H,2-3,6,9-10,17,22-27H2,1,4-5H3/t28-,31-,32?,34-,35+,36+,37-,38-,42+/m1/s1. The first-order valence-corrected chi connectivity index (χ1v) is 19.8. The Hall–Kier alpha value is -3.80. The first-order chi connectivity index (χ1) is 25.5. The topological polar surface area (TPSA) is 117 Å². The molecule has 1 N–H and O–H groups in total. The number of aliphatic hydroxyl groups is 1. The van der Waals surface area contributed by atoms with E-state index in [9.17, 15) is 24.3 Å². The number of amides is 3. The van der Waals surface area contributed by atoms with Crippen molar-refractivity contribution in [3.05, 3.63) is 97.1 Å². The summed E-state index contributed by atoms with van der Waals surface area (Å²) < 4.78 is 13.2. The van der Waals surface area contributed by atoms with Gasteiger partial charge in [-0.15, -0.1) is 13.2 Å². The molecule has 0 radical (unpaired) electrons. The first-order valence-electron chi connectivity index (χ1n) is 18.8. The molecule has 0 aliphatic carbocycles. The van der Waals surface area contributed by atoms with E-state index in [-0.39, 0.29) is 36.2 Å². The lowest BCUT2D eigenvalue weighted by Gasteiger charge is -2.39. The summed E-state index contributed by atoms with van der Waals surface area (Å²) in [6.07, 6.45) is 5.89. The third-order valence-electron chi connectivity index (χ3n) is 11.2. The molecule has 11 heteroatoms. The smallest absolute Gasteiger partial charge is 0.313 e. The van der Waals surface area contributed by atoms with Crippen molar-refractivity contribution in [2.24, 2.45) is 11.8 Å². The van der Waals surface area contributed by atoms with Crippen molar-refractivity contribution >= 4 is 39.6 Å². The second-order valence-corrected chi connectivity index (χ2v) is 15.7. The summed E-state index contributed by atoms with van der Waals surface area (Å²) in [5.74, 6) is -3.49. The fourth-order valence-electron chi connectivity index (χ4n) is 8.44. The minimum atomic E-state index is -1.34. The van der Waals surface area contributed by atoms with Gasteiger partial charge in [0.25, 0.3) is 0 Å². The lowest BCUT2D eigenvalue weighted by molar-refractivity contribution is -0.165. The van der Waals surface area contributed by atoms with Crippen LogP contribution < -0.4 is 0 Å². The van der Waals surface area contributed by atoms with Gasteiger partial charge in [-0.05, 0) is 43.7 Å². The van der Waals surface area contributed by atoms with Crippen LogP contribution in [0, 0.1) is 11.8 Å². The molecule has 10 nitrogen and oxygen atoms in total. The average Bonchev–Trinajstić information content (AvgIpc) is 3.77. The van der Waals surface area contributed by atoms with Gasteiger partial charge in [0, 0.05) is 31.4 Å². The van der Waals surface area contributed by atoms with Crippen molar-refractivity contribution in [1.82, 2.24) is 14.7 Å². The number of fused-ring (bicyclic) bond motifs is 1. The van der Waals surface area contributed by atoms with E-state index in [1.165, 1.54) is 4.90 Å². The fraction of sp³-hybridized carbons (Fsp3) is 0.524. The third kappa shape index (κ3) is 8.17. The number of halogens is 1. The van der Waals surface area contributed by atoms with Crippen molar-refractivity contribution in [2.75, 3.05) is 26.7 Å². The van der Waals surface area contributed by atoms with Crippen molar-refractivity contribution < 1.29 is 33.8 Å². The van der Waals surface area contributed by atoms with Crippen molar-refractivity contribution in [1.29, 1.82) is 0 Å². The lowest BCUT2D eigenvalue weighted by atomic mass is 9.70. The summed E-state index contributed by atoms with van der Waals surface area (Å²) in [6.45, 7) is 11.9. The Morgan fingerprint density at radius 3 is 2.40 bits per heavy atom. The number of carbonyl (C=O) groups excluding carboxylic acids is 4. The summed E-state index contributed by atoms with van der Waals surface area (Å²) >= 11 is 3.77. The van der Waals surface area contributed by atoms with Gasteiger partial charge in [-0.1, -0.05) is 109 Å². The molecule has 3 heterocycles. The van der Waals surface area contributed by atoms with Crippen LogP contribution in [0.25, 0.3) is 0 Å². The quantitative estimate of drug-likeness (QED) is 0.0848.